The molecule has 0 atom stereocenters. The molecule has 2 aromatic rings. The summed E-state index contributed by atoms with van der Waals surface area (Å²) < 4.78 is 44.8. The summed E-state index contributed by atoms with van der Waals surface area (Å²) >= 11 is 18.0. The lowest BCUT2D eigenvalue weighted by Gasteiger charge is -2.30. The van der Waals surface area contributed by atoms with E-state index < -0.39 is 11.7 Å². The first kappa shape index (κ1) is 25.1. The molecule has 174 valence electrons. The van der Waals surface area contributed by atoms with Gasteiger partial charge in [0.2, 0.25) is 0 Å². The maximum Gasteiger partial charge on any atom is 0.416 e. The molecule has 1 heterocycles. The Bertz CT molecular complexity index is 924. The summed E-state index contributed by atoms with van der Waals surface area (Å²) in [5.41, 5.74) is 0.195. The van der Waals surface area contributed by atoms with Gasteiger partial charge in [-0.15, -0.1) is 0 Å². The topological polar surface area (TPSA) is 27.7 Å². The second kappa shape index (κ2) is 11.5. The Morgan fingerprint density at radius 2 is 1.81 bits per heavy atom. The van der Waals surface area contributed by atoms with Gasteiger partial charge in [0.15, 0.2) is 5.11 Å². The third-order valence-electron chi connectivity index (χ3n) is 5.15. The first-order valence-corrected chi connectivity index (χ1v) is 11.4. The second-order valence-corrected chi connectivity index (χ2v) is 8.64. The number of anilines is 1. The van der Waals surface area contributed by atoms with E-state index in [1.807, 2.05) is 23.1 Å². The van der Waals surface area contributed by atoms with Crippen LogP contribution in [-0.4, -0.2) is 54.3 Å². The minimum Gasteiger partial charge on any atom is -0.379 e. The number of nitrogens with one attached hydrogen (secondary N) is 1. The van der Waals surface area contributed by atoms with E-state index in [-0.39, 0.29) is 15.8 Å². The zero-order valence-electron chi connectivity index (χ0n) is 17.3. The Hall–Kier alpha value is -1.58. The van der Waals surface area contributed by atoms with Gasteiger partial charge in [0.25, 0.3) is 0 Å². The van der Waals surface area contributed by atoms with E-state index in [0.717, 1.165) is 57.0 Å². The summed E-state index contributed by atoms with van der Waals surface area (Å²) in [5.74, 6) is 0. The maximum absolute atomic E-state index is 13.1. The van der Waals surface area contributed by atoms with Crippen molar-refractivity contribution >= 4 is 46.2 Å². The summed E-state index contributed by atoms with van der Waals surface area (Å²) in [6.07, 6.45) is -3.65. The molecule has 3 rings (SSSR count). The SMILES string of the molecule is FC(F)(F)c1ccc(Cl)c(NC(=S)N(CCCN2CCOCC2)Cc2ccccc2Cl)c1. The third-order valence-corrected chi connectivity index (χ3v) is 6.21. The van der Waals surface area contributed by atoms with Crippen LogP contribution in [-0.2, 0) is 17.5 Å². The number of benzene rings is 2. The van der Waals surface area contributed by atoms with Crippen LogP contribution in [0.3, 0.4) is 0 Å². The van der Waals surface area contributed by atoms with Crippen molar-refractivity contribution in [1.82, 2.24) is 9.80 Å². The molecule has 2 aromatic carbocycles. The Morgan fingerprint density at radius 3 is 2.50 bits per heavy atom. The van der Waals surface area contributed by atoms with Gasteiger partial charge in [-0.2, -0.15) is 13.2 Å². The lowest BCUT2D eigenvalue weighted by Crippen LogP contribution is -2.40. The summed E-state index contributed by atoms with van der Waals surface area (Å²) in [7, 11) is 0. The van der Waals surface area contributed by atoms with E-state index in [2.05, 4.69) is 10.2 Å². The van der Waals surface area contributed by atoms with Crippen LogP contribution < -0.4 is 5.32 Å². The molecule has 0 amide bonds. The second-order valence-electron chi connectivity index (χ2n) is 7.44. The van der Waals surface area contributed by atoms with Gasteiger partial charge in [0.05, 0.1) is 29.5 Å². The van der Waals surface area contributed by atoms with Crippen molar-refractivity contribution in [2.75, 3.05) is 44.7 Å². The van der Waals surface area contributed by atoms with Crippen molar-refractivity contribution in [1.29, 1.82) is 0 Å². The number of morpholine rings is 1. The van der Waals surface area contributed by atoms with Gasteiger partial charge in [0, 0.05) is 37.7 Å². The zero-order valence-corrected chi connectivity index (χ0v) is 19.6. The van der Waals surface area contributed by atoms with Gasteiger partial charge in [-0.25, -0.2) is 0 Å². The highest BCUT2D eigenvalue weighted by Gasteiger charge is 2.31. The van der Waals surface area contributed by atoms with Gasteiger partial charge in [-0.3, -0.25) is 4.90 Å². The Kier molecular flexibility index (Phi) is 9.02. The number of halogens is 5. The van der Waals surface area contributed by atoms with Crippen molar-refractivity contribution in [3.63, 3.8) is 0 Å². The predicted octanol–water partition coefficient (Wildman–Crippen LogP) is 5.93. The highest BCUT2D eigenvalue weighted by atomic mass is 35.5. The fourth-order valence-corrected chi connectivity index (χ4v) is 4.01. The summed E-state index contributed by atoms with van der Waals surface area (Å²) in [4.78, 5) is 4.21. The fourth-order valence-electron chi connectivity index (χ4n) is 3.39. The van der Waals surface area contributed by atoms with Crippen LogP contribution in [0.2, 0.25) is 10.0 Å². The number of thiocarbonyl (C=S) groups is 1. The normalized spacial score (nSPS) is 14.9. The van der Waals surface area contributed by atoms with Crippen molar-refractivity contribution in [2.24, 2.45) is 0 Å². The first-order chi connectivity index (χ1) is 15.2. The Morgan fingerprint density at radius 1 is 1.09 bits per heavy atom. The lowest BCUT2D eigenvalue weighted by atomic mass is 10.2. The van der Waals surface area contributed by atoms with Gasteiger partial charge < -0.3 is 15.0 Å². The highest BCUT2D eigenvalue weighted by Crippen LogP contribution is 2.34. The number of alkyl halides is 3. The third kappa shape index (κ3) is 7.22. The summed E-state index contributed by atoms with van der Waals surface area (Å²) in [6.45, 7) is 5.10. The Balaban J connectivity index is 1.72. The molecule has 0 radical (unpaired) electrons. The van der Waals surface area contributed by atoms with Crippen molar-refractivity contribution in [2.45, 2.75) is 19.1 Å². The molecule has 10 heteroatoms. The van der Waals surface area contributed by atoms with Crippen LogP contribution in [0.1, 0.15) is 17.5 Å². The van der Waals surface area contributed by atoms with Gasteiger partial charge in [-0.1, -0.05) is 41.4 Å². The van der Waals surface area contributed by atoms with Crippen LogP contribution >= 0.6 is 35.4 Å². The molecule has 0 aromatic heterocycles. The quantitative estimate of drug-likeness (QED) is 0.470. The van der Waals surface area contributed by atoms with Gasteiger partial charge in [0.1, 0.15) is 0 Å². The van der Waals surface area contributed by atoms with Crippen molar-refractivity contribution in [3.05, 3.63) is 63.6 Å². The molecule has 0 bridgehead atoms. The molecule has 4 nitrogen and oxygen atoms in total. The van der Waals surface area contributed by atoms with E-state index in [1.54, 1.807) is 6.07 Å². The van der Waals surface area contributed by atoms with Gasteiger partial charge >= 0.3 is 6.18 Å². The molecule has 0 saturated carbocycles. The van der Waals surface area contributed by atoms with E-state index in [1.165, 1.54) is 6.07 Å². The molecule has 0 unspecified atom stereocenters. The average Bonchev–Trinajstić information content (AvgIpc) is 2.76. The van der Waals surface area contributed by atoms with E-state index in [9.17, 15) is 13.2 Å². The number of ether oxygens (including phenoxy) is 1. The molecule has 32 heavy (non-hydrogen) atoms. The standard InChI is InChI=1S/C22H24Cl2F3N3OS/c23-18-5-2-1-4-16(18)15-30(9-3-8-29-10-12-31-13-11-29)21(32)28-20-14-17(22(25,26)27)6-7-19(20)24/h1-2,4-7,14H,3,8-13,15H2,(H,28,32). The molecule has 1 N–H and O–H groups in total. The van der Waals surface area contributed by atoms with Crippen LogP contribution in [0.5, 0.6) is 0 Å². The first-order valence-electron chi connectivity index (χ1n) is 10.2. The van der Waals surface area contributed by atoms with Crippen LogP contribution in [0.15, 0.2) is 42.5 Å². The van der Waals surface area contributed by atoms with Gasteiger partial charge in [-0.05, 0) is 48.5 Å². The number of hydrogen-bond donors (Lipinski definition) is 1. The molecule has 0 spiro atoms. The van der Waals surface area contributed by atoms with E-state index in [0.29, 0.717) is 18.1 Å². The Labute approximate surface area is 201 Å². The smallest absolute Gasteiger partial charge is 0.379 e. The molecular formula is C22H24Cl2F3N3OS. The molecule has 1 aliphatic heterocycles. The van der Waals surface area contributed by atoms with E-state index in [4.69, 9.17) is 40.2 Å². The summed E-state index contributed by atoms with van der Waals surface area (Å²) in [6, 6.07) is 10.5. The molecular weight excluding hydrogens is 482 g/mol. The van der Waals surface area contributed by atoms with Crippen molar-refractivity contribution in [3.8, 4) is 0 Å². The number of rotatable bonds is 7. The molecule has 0 aliphatic carbocycles. The minimum absolute atomic E-state index is 0.115. The fraction of sp³-hybridized carbons (Fsp3) is 0.409. The largest absolute Gasteiger partial charge is 0.416 e. The van der Waals surface area contributed by atoms with Crippen molar-refractivity contribution < 1.29 is 17.9 Å². The van der Waals surface area contributed by atoms with Crippen LogP contribution in [0.4, 0.5) is 18.9 Å². The van der Waals surface area contributed by atoms with Crippen LogP contribution in [0.25, 0.3) is 0 Å². The minimum atomic E-state index is -4.47. The number of hydrogen-bond acceptors (Lipinski definition) is 3. The zero-order chi connectivity index (χ0) is 23.1. The number of nitrogens with zero attached hydrogens (tertiary/aromatic N) is 2. The van der Waals surface area contributed by atoms with Crippen LogP contribution in [0, 0.1) is 0 Å². The van der Waals surface area contributed by atoms with E-state index >= 15 is 0 Å². The predicted molar refractivity (Wildman–Crippen MR) is 126 cm³/mol. The molecule has 1 aliphatic rings. The highest BCUT2D eigenvalue weighted by molar-refractivity contribution is 7.80. The maximum atomic E-state index is 13.1. The average molecular weight is 506 g/mol. The summed E-state index contributed by atoms with van der Waals surface area (Å²) in [5, 5.41) is 3.95. The lowest BCUT2D eigenvalue weighted by molar-refractivity contribution is -0.137. The monoisotopic (exact) mass is 505 g/mol. The molecule has 1 saturated heterocycles. The molecule has 1 fully saturated rings.